The van der Waals surface area contributed by atoms with Gasteiger partial charge in [0.1, 0.15) is 55.4 Å². The molecule has 0 radical (unpaired) electrons. The van der Waals surface area contributed by atoms with Crippen molar-refractivity contribution in [3.63, 3.8) is 0 Å². The zero-order valence-electron chi connectivity index (χ0n) is 49.3. The lowest BCUT2D eigenvalue weighted by atomic mass is 9.33. The first kappa shape index (κ1) is 64.9. The number of rotatable bonds is 14. The molecule has 0 spiro atoms. The van der Waals surface area contributed by atoms with Crippen LogP contribution in [0.3, 0.4) is 0 Å². The van der Waals surface area contributed by atoms with E-state index in [1.54, 1.807) is 33.8 Å². The second-order valence-electron chi connectivity index (χ2n) is 26.5. The van der Waals surface area contributed by atoms with E-state index in [0.29, 0.717) is 38.5 Å². The van der Waals surface area contributed by atoms with Crippen LogP contribution in [0.25, 0.3) is 0 Å². The molecule has 27 atom stereocenters. The van der Waals surface area contributed by atoms with Crippen molar-refractivity contribution in [3.05, 3.63) is 34.9 Å². The maximum atomic E-state index is 13.3. The van der Waals surface area contributed by atoms with Crippen molar-refractivity contribution in [1.29, 1.82) is 0 Å². The minimum absolute atomic E-state index is 0.0484. The molecule has 3 aliphatic heterocycles. The molecule has 466 valence electrons. The van der Waals surface area contributed by atoms with Gasteiger partial charge in [0, 0.05) is 23.5 Å². The summed E-state index contributed by atoms with van der Waals surface area (Å²) < 4.78 is 54.3. The van der Waals surface area contributed by atoms with Crippen molar-refractivity contribution < 1.29 is 113 Å². The van der Waals surface area contributed by atoms with Crippen molar-refractivity contribution in [1.82, 2.24) is 0 Å². The van der Waals surface area contributed by atoms with Crippen LogP contribution in [0.4, 0.5) is 0 Å². The minimum Gasteiger partial charge on any atom is -0.465 e. The molecule has 3 saturated heterocycles. The van der Waals surface area contributed by atoms with Crippen LogP contribution in [-0.2, 0) is 57.0 Å². The van der Waals surface area contributed by atoms with Crippen LogP contribution in [0.5, 0.6) is 0 Å². The number of allylic oxidation sites excluding steroid dienone is 4. The number of esters is 3. The summed E-state index contributed by atoms with van der Waals surface area (Å²) in [6, 6.07) is 0. The molecule has 5 aliphatic carbocycles. The molecule has 0 aromatic carbocycles. The molecule has 4 saturated carbocycles. The lowest BCUT2D eigenvalue weighted by Gasteiger charge is -2.72. The van der Waals surface area contributed by atoms with Crippen LogP contribution in [0, 0.1) is 50.2 Å². The van der Waals surface area contributed by atoms with Gasteiger partial charge < -0.3 is 98.8 Å². The Morgan fingerprint density at radius 2 is 1.29 bits per heavy atom. The normalized spacial score (nSPS) is 49.4. The largest absolute Gasteiger partial charge is 0.465 e. The SMILES string of the molecule is CC=C(C)C(=O)OC1C(C)OC(OC2C(O)C3(COC(C)=O)C(O)CC4(C)C(=CCC5C6(C)CCC(OC7OC(O)C(O)C(O)C7OC7OC(CO)C(O)C(O)C7O)C(C)(CO)C6CCC54C)C3CC2(C)C)C(O)C1OC(=O)C(C)=CC. The fraction of sp³-hybridized carbons (Fsp3) is 0.847. The summed E-state index contributed by atoms with van der Waals surface area (Å²) in [5, 5.41) is 124. The zero-order chi connectivity index (χ0) is 60.7. The first-order chi connectivity index (χ1) is 38.3. The highest BCUT2D eigenvalue weighted by Gasteiger charge is 2.74. The third-order valence-corrected chi connectivity index (χ3v) is 21.7. The molecule has 11 N–H and O–H groups in total. The van der Waals surface area contributed by atoms with Crippen LogP contribution >= 0.6 is 0 Å². The lowest BCUT2D eigenvalue weighted by Crippen LogP contribution is -2.73. The maximum absolute atomic E-state index is 13.3. The number of carbonyl (C=O) groups excluding carboxylic acids is 3. The van der Waals surface area contributed by atoms with Crippen LogP contribution in [-0.4, -0.2) is 211 Å². The molecule has 23 heteroatoms. The molecule has 3 heterocycles. The van der Waals surface area contributed by atoms with Gasteiger partial charge in [-0.1, -0.05) is 65.3 Å². The van der Waals surface area contributed by atoms with Crippen LogP contribution in [0.1, 0.15) is 128 Å². The zero-order valence-corrected chi connectivity index (χ0v) is 49.3. The quantitative estimate of drug-likeness (QED) is 0.0381. The first-order valence-corrected chi connectivity index (χ1v) is 29.1. The van der Waals surface area contributed by atoms with Gasteiger partial charge in [-0.05, 0) is 119 Å². The average molecular weight is 1170 g/mol. The Balaban J connectivity index is 1.08. The van der Waals surface area contributed by atoms with Gasteiger partial charge in [-0.25, -0.2) is 9.59 Å². The third kappa shape index (κ3) is 10.7. The smallest absolute Gasteiger partial charge is 0.333 e. The van der Waals surface area contributed by atoms with Crippen molar-refractivity contribution in [2.24, 2.45) is 50.2 Å². The van der Waals surface area contributed by atoms with Crippen molar-refractivity contribution >= 4 is 17.9 Å². The van der Waals surface area contributed by atoms with Crippen molar-refractivity contribution in [2.75, 3.05) is 19.8 Å². The van der Waals surface area contributed by atoms with E-state index in [4.69, 9.17) is 42.6 Å². The number of carbonyl (C=O) groups is 3. The van der Waals surface area contributed by atoms with Gasteiger partial charge in [0.25, 0.3) is 0 Å². The van der Waals surface area contributed by atoms with E-state index in [1.165, 1.54) is 19.9 Å². The Hall–Kier alpha value is -3.05. The number of fused-ring (bicyclic) bond motifs is 7. The second-order valence-corrected chi connectivity index (χ2v) is 26.5. The van der Waals surface area contributed by atoms with E-state index in [9.17, 15) is 70.6 Å². The van der Waals surface area contributed by atoms with E-state index < -0.39 is 180 Å². The Labute approximate surface area is 479 Å². The van der Waals surface area contributed by atoms with Gasteiger partial charge in [0.05, 0.1) is 49.1 Å². The van der Waals surface area contributed by atoms with E-state index in [-0.39, 0.29) is 42.6 Å². The lowest BCUT2D eigenvalue weighted by molar-refractivity contribution is -0.396. The highest BCUT2D eigenvalue weighted by atomic mass is 16.8. The predicted octanol–water partition coefficient (Wildman–Crippen LogP) is 1.09. The molecule has 8 rings (SSSR count). The van der Waals surface area contributed by atoms with Gasteiger partial charge in [-0.3, -0.25) is 4.79 Å². The summed E-state index contributed by atoms with van der Waals surface area (Å²) in [4.78, 5) is 39.2. The molecule has 7 fully saturated rings. The first-order valence-electron chi connectivity index (χ1n) is 29.1. The Bertz CT molecular complexity index is 2430. The second kappa shape index (κ2) is 23.9. The highest BCUT2D eigenvalue weighted by Crippen LogP contribution is 2.76. The van der Waals surface area contributed by atoms with Crippen LogP contribution in [0.15, 0.2) is 34.9 Å². The van der Waals surface area contributed by atoms with Crippen molar-refractivity contribution in [2.45, 2.75) is 245 Å². The van der Waals surface area contributed by atoms with Gasteiger partial charge in [-0.15, -0.1) is 0 Å². The van der Waals surface area contributed by atoms with Gasteiger partial charge in [0.15, 0.2) is 37.4 Å². The highest BCUT2D eigenvalue weighted by molar-refractivity contribution is 5.88. The van der Waals surface area contributed by atoms with E-state index in [2.05, 4.69) is 26.8 Å². The number of aliphatic hydroxyl groups excluding tert-OH is 11. The number of hydrogen-bond donors (Lipinski definition) is 11. The van der Waals surface area contributed by atoms with Crippen LogP contribution < -0.4 is 0 Å². The molecular weight excluding hydrogens is 1080 g/mol. The van der Waals surface area contributed by atoms with Gasteiger partial charge >= 0.3 is 17.9 Å². The Morgan fingerprint density at radius 3 is 1.89 bits per heavy atom. The van der Waals surface area contributed by atoms with E-state index in [0.717, 1.165) is 5.57 Å². The Kier molecular flexibility index (Phi) is 18.9. The summed E-state index contributed by atoms with van der Waals surface area (Å²) in [7, 11) is 0. The molecule has 0 amide bonds. The summed E-state index contributed by atoms with van der Waals surface area (Å²) in [6.07, 6.45) is -21.0. The van der Waals surface area contributed by atoms with Gasteiger partial charge in [0.2, 0.25) is 0 Å². The molecule has 0 aromatic heterocycles. The average Bonchev–Trinajstić information content (AvgIpc) is 0.722. The summed E-state index contributed by atoms with van der Waals surface area (Å²) in [5.74, 6) is -2.95. The topological polar surface area (TPSA) is 357 Å². The van der Waals surface area contributed by atoms with Crippen LogP contribution in [0.2, 0.25) is 0 Å². The molecule has 0 aromatic rings. The standard InChI is InChI=1S/C59H92O23/c1-13-26(3)48(71)78-43-28(5)75-52(42(69)44(43)79-49(72)27(4)14-2)81-47-46(70)59(25-74-29(6)62)31(21-54(47,7)8)30-15-16-34-55(9)19-18-36(56(10,24-61)33(55)17-20-57(34,11)58(30,12)22-35(59)63)77-53-45(39(66)40(67)50(73)82-53)80-51-41(68)38(65)37(64)32(23-60)76-51/h13-15,28,31-47,50-53,60-61,63-70,73H,16-25H2,1-12H3. The fourth-order valence-corrected chi connectivity index (χ4v) is 16.4. The van der Waals surface area contributed by atoms with Gasteiger partial charge in [-0.2, -0.15) is 0 Å². The molecule has 8 aliphatic rings. The monoisotopic (exact) mass is 1170 g/mol. The van der Waals surface area contributed by atoms with E-state index >= 15 is 0 Å². The predicted molar refractivity (Wildman–Crippen MR) is 285 cm³/mol. The molecule has 23 nitrogen and oxygen atoms in total. The fourth-order valence-electron chi connectivity index (χ4n) is 16.4. The minimum atomic E-state index is -1.95. The molecular formula is C59H92O23. The number of hydrogen-bond acceptors (Lipinski definition) is 23. The molecule has 27 unspecified atom stereocenters. The third-order valence-electron chi connectivity index (χ3n) is 21.7. The Morgan fingerprint density at radius 1 is 0.671 bits per heavy atom. The molecule has 0 bridgehead atoms. The summed E-state index contributed by atoms with van der Waals surface area (Å²) >= 11 is 0. The molecule has 82 heavy (non-hydrogen) atoms. The number of ether oxygens (including phenoxy) is 9. The van der Waals surface area contributed by atoms with E-state index in [1.807, 2.05) is 20.8 Å². The summed E-state index contributed by atoms with van der Waals surface area (Å²) in [6.45, 7) is 20.1. The number of aliphatic hydroxyl groups is 11. The summed E-state index contributed by atoms with van der Waals surface area (Å²) in [5.41, 5.74) is -3.68. The van der Waals surface area contributed by atoms with Crippen molar-refractivity contribution in [3.8, 4) is 0 Å². The maximum Gasteiger partial charge on any atom is 0.333 e.